The number of carbonyl (C=O) groups excluding carboxylic acids is 2. The van der Waals surface area contributed by atoms with Crippen molar-refractivity contribution in [2.75, 3.05) is 11.4 Å². The lowest BCUT2D eigenvalue weighted by Gasteiger charge is -2.57. The van der Waals surface area contributed by atoms with Crippen molar-refractivity contribution in [1.82, 2.24) is 5.32 Å². The molecule has 4 bridgehead atoms. The molecule has 5 heteroatoms. The second kappa shape index (κ2) is 8.48. The molecular formula is C26H37N3O2. The van der Waals surface area contributed by atoms with E-state index in [4.69, 9.17) is 5.73 Å². The van der Waals surface area contributed by atoms with Crippen LogP contribution >= 0.6 is 0 Å². The molecule has 0 unspecified atom stereocenters. The maximum absolute atomic E-state index is 13.1. The van der Waals surface area contributed by atoms with E-state index in [2.05, 4.69) is 5.32 Å². The summed E-state index contributed by atoms with van der Waals surface area (Å²) in [5.74, 6) is 2.59. The van der Waals surface area contributed by atoms with Crippen LogP contribution < -0.4 is 16.0 Å². The fraction of sp³-hybridized carbons (Fsp3) is 0.692. The zero-order chi connectivity index (χ0) is 21.4. The number of carbonyl (C=O) groups is 2. The summed E-state index contributed by atoms with van der Waals surface area (Å²) >= 11 is 0. The summed E-state index contributed by atoms with van der Waals surface area (Å²) in [5, 5.41) is 3.20. The molecule has 1 aromatic carbocycles. The quantitative estimate of drug-likeness (QED) is 0.656. The Bertz CT molecular complexity index is 794. The summed E-state index contributed by atoms with van der Waals surface area (Å²) in [4.78, 5) is 27.3. The summed E-state index contributed by atoms with van der Waals surface area (Å²) in [5.41, 5.74) is 7.46. The standard InChI is InChI=1S/C26H37N3O2/c27-25(31)29(11-10-26-15-18-12-19(16-26)14-20(13-18)17-26)23-9-5-4-8-22(23)24(30)28-21-6-2-1-3-7-21/h4-5,8-9,18-21H,1-3,6-7,10-17H2,(H2,27,31)(H,28,30). The van der Waals surface area contributed by atoms with Crippen molar-refractivity contribution in [2.45, 2.75) is 83.1 Å². The number of rotatable bonds is 6. The molecule has 5 aliphatic carbocycles. The van der Waals surface area contributed by atoms with E-state index < -0.39 is 6.03 Å². The van der Waals surface area contributed by atoms with Gasteiger partial charge in [0.2, 0.25) is 0 Å². The van der Waals surface area contributed by atoms with E-state index in [-0.39, 0.29) is 11.9 Å². The number of nitrogens with one attached hydrogen (secondary N) is 1. The van der Waals surface area contributed by atoms with Crippen LogP contribution in [0.1, 0.15) is 87.4 Å². The summed E-state index contributed by atoms with van der Waals surface area (Å²) in [7, 11) is 0. The van der Waals surface area contributed by atoms with Gasteiger partial charge < -0.3 is 11.1 Å². The van der Waals surface area contributed by atoms with Gasteiger partial charge in [-0.1, -0.05) is 31.4 Å². The number of amides is 3. The van der Waals surface area contributed by atoms with Crippen molar-refractivity contribution >= 4 is 17.6 Å². The molecule has 0 heterocycles. The van der Waals surface area contributed by atoms with Gasteiger partial charge in [0.1, 0.15) is 0 Å². The molecule has 5 fully saturated rings. The number of para-hydroxylation sites is 1. The van der Waals surface area contributed by atoms with Crippen LogP contribution in [0.5, 0.6) is 0 Å². The lowest BCUT2D eigenvalue weighted by molar-refractivity contribution is -0.0557. The Morgan fingerprint density at radius 1 is 0.968 bits per heavy atom. The maximum Gasteiger partial charge on any atom is 0.319 e. The Labute approximate surface area is 186 Å². The first-order valence-corrected chi connectivity index (χ1v) is 12.5. The summed E-state index contributed by atoms with van der Waals surface area (Å²) < 4.78 is 0. The van der Waals surface area contributed by atoms with Crippen molar-refractivity contribution in [3.05, 3.63) is 29.8 Å². The first kappa shape index (κ1) is 20.8. The molecule has 0 spiro atoms. The molecule has 5 nitrogen and oxygen atoms in total. The fourth-order valence-corrected chi connectivity index (χ4v) is 7.71. The molecule has 5 saturated carbocycles. The Morgan fingerprint density at radius 2 is 1.58 bits per heavy atom. The fourth-order valence-electron chi connectivity index (χ4n) is 7.71. The molecule has 0 saturated heterocycles. The van der Waals surface area contributed by atoms with Gasteiger partial charge in [0.25, 0.3) is 5.91 Å². The third-order valence-corrected chi connectivity index (χ3v) is 8.68. The van der Waals surface area contributed by atoms with Crippen LogP contribution in [0, 0.1) is 23.2 Å². The summed E-state index contributed by atoms with van der Waals surface area (Å²) in [6.07, 6.45) is 14.9. The first-order valence-electron chi connectivity index (χ1n) is 12.5. The van der Waals surface area contributed by atoms with E-state index in [0.29, 0.717) is 23.2 Å². The second-order valence-electron chi connectivity index (χ2n) is 11.0. The Kier molecular flexibility index (Phi) is 5.70. The van der Waals surface area contributed by atoms with Crippen molar-refractivity contribution in [2.24, 2.45) is 28.9 Å². The minimum Gasteiger partial charge on any atom is -0.351 e. The van der Waals surface area contributed by atoms with E-state index in [1.807, 2.05) is 24.3 Å². The van der Waals surface area contributed by atoms with Gasteiger partial charge >= 0.3 is 6.03 Å². The summed E-state index contributed by atoms with van der Waals surface area (Å²) in [6.45, 7) is 0.606. The third kappa shape index (κ3) is 4.33. The van der Waals surface area contributed by atoms with Crippen molar-refractivity contribution in [3.63, 3.8) is 0 Å². The van der Waals surface area contributed by atoms with E-state index in [1.165, 1.54) is 57.8 Å². The van der Waals surface area contributed by atoms with Gasteiger partial charge in [-0.25, -0.2) is 4.79 Å². The highest BCUT2D eigenvalue weighted by molar-refractivity contribution is 6.04. The molecule has 3 N–H and O–H groups in total. The zero-order valence-electron chi connectivity index (χ0n) is 18.7. The smallest absolute Gasteiger partial charge is 0.319 e. The number of nitrogens with two attached hydrogens (primary N) is 1. The number of urea groups is 1. The average Bonchev–Trinajstić information content (AvgIpc) is 2.73. The Balaban J connectivity index is 1.31. The minimum atomic E-state index is -0.456. The molecular weight excluding hydrogens is 386 g/mol. The number of primary amides is 1. The van der Waals surface area contributed by atoms with Crippen molar-refractivity contribution < 1.29 is 9.59 Å². The van der Waals surface area contributed by atoms with Crippen LogP contribution in [0.3, 0.4) is 0 Å². The third-order valence-electron chi connectivity index (χ3n) is 8.68. The Morgan fingerprint density at radius 3 is 2.19 bits per heavy atom. The maximum atomic E-state index is 13.1. The number of anilines is 1. The van der Waals surface area contributed by atoms with Crippen LogP contribution in [-0.4, -0.2) is 24.5 Å². The molecule has 168 valence electrons. The van der Waals surface area contributed by atoms with Gasteiger partial charge in [-0.2, -0.15) is 0 Å². The van der Waals surface area contributed by atoms with E-state index in [9.17, 15) is 9.59 Å². The highest BCUT2D eigenvalue weighted by atomic mass is 16.2. The van der Waals surface area contributed by atoms with Gasteiger partial charge in [-0.15, -0.1) is 0 Å². The van der Waals surface area contributed by atoms with Crippen molar-refractivity contribution in [1.29, 1.82) is 0 Å². The van der Waals surface area contributed by atoms with Crippen LogP contribution in [0.2, 0.25) is 0 Å². The SMILES string of the molecule is NC(=O)N(CCC12CC3CC(CC(C3)C1)C2)c1ccccc1C(=O)NC1CCCCC1. The lowest BCUT2D eigenvalue weighted by Crippen LogP contribution is -2.48. The largest absolute Gasteiger partial charge is 0.351 e. The predicted molar refractivity (Wildman–Crippen MR) is 123 cm³/mol. The highest BCUT2D eigenvalue weighted by Crippen LogP contribution is 2.61. The number of nitrogens with zero attached hydrogens (tertiary/aromatic N) is 1. The zero-order valence-corrected chi connectivity index (χ0v) is 18.7. The normalized spacial score (nSPS) is 32.1. The average molecular weight is 424 g/mol. The molecule has 1 aromatic rings. The molecule has 3 amide bonds. The van der Waals surface area contributed by atoms with Gasteiger partial charge in [0, 0.05) is 12.6 Å². The van der Waals surface area contributed by atoms with E-state index in [1.54, 1.807) is 4.90 Å². The van der Waals surface area contributed by atoms with Gasteiger partial charge in [-0.05, 0) is 93.1 Å². The number of hydrogen-bond donors (Lipinski definition) is 2. The number of benzene rings is 1. The molecule has 0 aromatic heterocycles. The van der Waals surface area contributed by atoms with E-state index in [0.717, 1.165) is 37.0 Å². The first-order chi connectivity index (χ1) is 15.0. The minimum absolute atomic E-state index is 0.0800. The predicted octanol–water partition coefficient (Wildman–Crippen LogP) is 5.24. The molecule has 0 radical (unpaired) electrons. The van der Waals surface area contributed by atoms with E-state index >= 15 is 0 Å². The monoisotopic (exact) mass is 423 g/mol. The molecule has 0 aliphatic heterocycles. The second-order valence-corrected chi connectivity index (χ2v) is 11.0. The summed E-state index contributed by atoms with van der Waals surface area (Å²) in [6, 6.07) is 7.25. The van der Waals surface area contributed by atoms with Gasteiger partial charge in [-0.3, -0.25) is 9.69 Å². The molecule has 6 rings (SSSR count). The topological polar surface area (TPSA) is 75.4 Å². The molecule has 0 atom stereocenters. The van der Waals surface area contributed by atoms with Crippen LogP contribution in [-0.2, 0) is 0 Å². The molecule has 5 aliphatic rings. The van der Waals surface area contributed by atoms with Gasteiger partial charge in [0.05, 0.1) is 11.3 Å². The molecule has 31 heavy (non-hydrogen) atoms. The van der Waals surface area contributed by atoms with Crippen molar-refractivity contribution in [3.8, 4) is 0 Å². The van der Waals surface area contributed by atoms with Crippen LogP contribution in [0.4, 0.5) is 10.5 Å². The van der Waals surface area contributed by atoms with Crippen LogP contribution in [0.15, 0.2) is 24.3 Å². The number of hydrogen-bond acceptors (Lipinski definition) is 2. The van der Waals surface area contributed by atoms with Gasteiger partial charge in [0.15, 0.2) is 0 Å². The van der Waals surface area contributed by atoms with Crippen LogP contribution in [0.25, 0.3) is 0 Å². The Hall–Kier alpha value is -2.04. The highest BCUT2D eigenvalue weighted by Gasteiger charge is 2.50. The lowest BCUT2D eigenvalue weighted by atomic mass is 9.49.